The Morgan fingerprint density at radius 2 is 1.93 bits per heavy atom. The molecule has 2 amide bonds. The zero-order chi connectivity index (χ0) is 20.1. The van der Waals surface area contributed by atoms with Crippen molar-refractivity contribution in [2.75, 3.05) is 26.7 Å². The Bertz CT molecular complexity index is 730. The van der Waals surface area contributed by atoms with Crippen LogP contribution in [0.3, 0.4) is 0 Å². The van der Waals surface area contributed by atoms with E-state index in [4.69, 9.17) is 11.6 Å². The molecule has 1 aromatic rings. The summed E-state index contributed by atoms with van der Waals surface area (Å²) in [5.41, 5.74) is 0.590. The van der Waals surface area contributed by atoms with Crippen LogP contribution in [0.15, 0.2) is 24.3 Å². The quantitative estimate of drug-likeness (QED) is 0.706. The number of halogens is 1. The van der Waals surface area contributed by atoms with E-state index in [0.29, 0.717) is 24.7 Å². The molecule has 1 aliphatic heterocycles. The lowest BCUT2D eigenvalue weighted by Crippen LogP contribution is -2.45. The van der Waals surface area contributed by atoms with Crippen LogP contribution in [0.2, 0.25) is 5.02 Å². The van der Waals surface area contributed by atoms with Crippen LogP contribution >= 0.6 is 11.6 Å². The Kier molecular flexibility index (Phi) is 6.60. The monoisotopic (exact) mass is 406 g/mol. The topological polar surface area (TPSA) is 75.7 Å². The lowest BCUT2D eigenvalue weighted by Gasteiger charge is -2.33. The van der Waals surface area contributed by atoms with Crippen molar-refractivity contribution in [3.63, 3.8) is 0 Å². The number of nitrogens with zero attached hydrogens (tertiary/aromatic N) is 1. The number of nitrogens with one attached hydrogen (secondary N) is 1. The molecule has 152 valence electrons. The van der Waals surface area contributed by atoms with Gasteiger partial charge in [-0.2, -0.15) is 0 Å². The molecule has 1 aromatic carbocycles. The van der Waals surface area contributed by atoms with Gasteiger partial charge in [0.15, 0.2) is 0 Å². The van der Waals surface area contributed by atoms with Crippen LogP contribution in [-0.4, -0.2) is 49.4 Å². The van der Waals surface area contributed by atoms with Crippen molar-refractivity contribution in [1.82, 2.24) is 10.2 Å². The van der Waals surface area contributed by atoms with Gasteiger partial charge in [0.05, 0.1) is 18.9 Å². The number of amides is 2. The summed E-state index contributed by atoms with van der Waals surface area (Å²) in [7, 11) is 1.32. The number of benzene rings is 1. The molecule has 7 heteroatoms. The van der Waals surface area contributed by atoms with Gasteiger partial charge in [-0.25, -0.2) is 0 Å². The van der Waals surface area contributed by atoms with Gasteiger partial charge in [-0.3, -0.25) is 14.4 Å². The zero-order valence-corrected chi connectivity index (χ0v) is 17.0. The molecule has 2 fully saturated rings. The highest BCUT2D eigenvalue weighted by molar-refractivity contribution is 6.30. The summed E-state index contributed by atoms with van der Waals surface area (Å²) >= 11 is 5.95. The highest BCUT2D eigenvalue weighted by Gasteiger charge is 2.51. The molecule has 3 rings (SSSR count). The fraction of sp³-hybridized carbons (Fsp3) is 0.571. The Morgan fingerprint density at radius 1 is 1.21 bits per heavy atom. The van der Waals surface area contributed by atoms with Crippen LogP contribution in [0.1, 0.15) is 44.1 Å². The van der Waals surface area contributed by atoms with E-state index in [1.165, 1.54) is 7.11 Å². The van der Waals surface area contributed by atoms with Crippen molar-refractivity contribution >= 4 is 29.4 Å². The first kappa shape index (κ1) is 20.6. The summed E-state index contributed by atoms with van der Waals surface area (Å²) < 4.78 is 4.59. The molecule has 0 radical (unpaired) electrons. The van der Waals surface area contributed by atoms with E-state index in [2.05, 4.69) is 10.1 Å². The summed E-state index contributed by atoms with van der Waals surface area (Å²) in [6, 6.07) is 7.50. The van der Waals surface area contributed by atoms with Crippen molar-refractivity contribution in [1.29, 1.82) is 0 Å². The summed E-state index contributed by atoms with van der Waals surface area (Å²) in [6.07, 6.45) is 3.87. The van der Waals surface area contributed by atoms with Crippen molar-refractivity contribution in [3.8, 4) is 0 Å². The molecule has 1 N–H and O–H groups in total. The number of carbonyl (C=O) groups excluding carboxylic acids is 3. The van der Waals surface area contributed by atoms with E-state index in [0.717, 1.165) is 31.2 Å². The predicted molar refractivity (Wildman–Crippen MR) is 106 cm³/mol. The molecule has 1 atom stereocenters. The van der Waals surface area contributed by atoms with Gasteiger partial charge < -0.3 is 15.0 Å². The molecule has 0 bridgehead atoms. The van der Waals surface area contributed by atoms with Gasteiger partial charge in [0.1, 0.15) is 0 Å². The number of hydrogen-bond acceptors (Lipinski definition) is 4. The maximum Gasteiger partial charge on any atom is 0.306 e. The van der Waals surface area contributed by atoms with Gasteiger partial charge in [-0.05, 0) is 49.3 Å². The second-order valence-corrected chi connectivity index (χ2v) is 8.16. The predicted octanol–water partition coefficient (Wildman–Crippen LogP) is 2.68. The first-order valence-corrected chi connectivity index (χ1v) is 10.2. The molecule has 28 heavy (non-hydrogen) atoms. The molecule has 0 spiro atoms. The largest absolute Gasteiger partial charge is 0.469 e. The minimum atomic E-state index is -0.421. The van der Waals surface area contributed by atoms with Gasteiger partial charge in [0, 0.05) is 31.1 Å². The van der Waals surface area contributed by atoms with E-state index in [-0.39, 0.29) is 36.5 Å². The van der Waals surface area contributed by atoms with Crippen LogP contribution in [0.5, 0.6) is 0 Å². The number of esters is 1. The fourth-order valence-corrected chi connectivity index (χ4v) is 4.00. The average Bonchev–Trinajstić information content (AvgIpc) is 3.52. The smallest absolute Gasteiger partial charge is 0.306 e. The molecule has 1 aliphatic carbocycles. The molecule has 1 heterocycles. The third-order valence-electron chi connectivity index (χ3n) is 5.78. The molecule has 1 saturated carbocycles. The van der Waals surface area contributed by atoms with Gasteiger partial charge in [0.2, 0.25) is 11.8 Å². The molecule has 6 nitrogen and oxygen atoms in total. The van der Waals surface area contributed by atoms with E-state index < -0.39 is 5.41 Å². The van der Waals surface area contributed by atoms with Crippen LogP contribution in [0, 0.1) is 5.92 Å². The van der Waals surface area contributed by atoms with Crippen molar-refractivity contribution in [3.05, 3.63) is 34.9 Å². The standard InChI is InChI=1S/C21H27ClN2O4/c1-28-19(26)9-8-18(25)24-12-2-3-15(14-24)13-23-20(27)21(10-11-21)16-4-6-17(22)7-5-16/h4-7,15H,2-3,8-14H2,1H3,(H,23,27). The summed E-state index contributed by atoms with van der Waals surface area (Å²) in [4.78, 5) is 38.1. The number of piperidine rings is 1. The number of carbonyl (C=O) groups is 3. The third kappa shape index (κ3) is 4.85. The number of hydrogen-bond donors (Lipinski definition) is 1. The zero-order valence-electron chi connectivity index (χ0n) is 16.2. The minimum absolute atomic E-state index is 0.0266. The first-order chi connectivity index (χ1) is 13.4. The van der Waals surface area contributed by atoms with Crippen molar-refractivity contribution in [2.45, 2.75) is 43.9 Å². The summed E-state index contributed by atoms with van der Waals surface area (Å²) in [5, 5.41) is 3.77. The normalized spacial score (nSPS) is 20.4. The van der Waals surface area contributed by atoms with Crippen molar-refractivity contribution < 1.29 is 19.1 Å². The Labute approximate surface area is 170 Å². The SMILES string of the molecule is COC(=O)CCC(=O)N1CCCC(CNC(=O)C2(c3ccc(Cl)cc3)CC2)C1. The third-order valence-corrected chi connectivity index (χ3v) is 6.03. The summed E-state index contributed by atoms with van der Waals surface area (Å²) in [5.74, 6) is -0.0999. The van der Waals surface area contributed by atoms with Crippen molar-refractivity contribution in [2.24, 2.45) is 5.92 Å². The van der Waals surface area contributed by atoms with Gasteiger partial charge in [0.25, 0.3) is 0 Å². The minimum Gasteiger partial charge on any atom is -0.469 e. The average molecular weight is 407 g/mol. The molecule has 2 aliphatic rings. The van der Waals surface area contributed by atoms with Crippen LogP contribution in [0.25, 0.3) is 0 Å². The highest BCUT2D eigenvalue weighted by Crippen LogP contribution is 2.48. The second kappa shape index (κ2) is 8.95. The molecule has 1 unspecified atom stereocenters. The molecular formula is C21H27ClN2O4. The van der Waals surface area contributed by atoms with Gasteiger partial charge in [-0.15, -0.1) is 0 Å². The Morgan fingerprint density at radius 3 is 2.57 bits per heavy atom. The molecule has 1 saturated heterocycles. The Balaban J connectivity index is 1.49. The number of likely N-dealkylation sites (tertiary alicyclic amines) is 1. The molecule has 0 aromatic heterocycles. The van der Waals surface area contributed by atoms with E-state index in [1.807, 2.05) is 24.3 Å². The Hall–Kier alpha value is -2.08. The number of ether oxygens (including phenoxy) is 1. The first-order valence-electron chi connectivity index (χ1n) is 9.83. The lowest BCUT2D eigenvalue weighted by molar-refractivity contribution is -0.144. The van der Waals surface area contributed by atoms with Gasteiger partial charge in [-0.1, -0.05) is 23.7 Å². The van der Waals surface area contributed by atoms with Crippen LogP contribution in [0.4, 0.5) is 0 Å². The summed E-state index contributed by atoms with van der Waals surface area (Å²) in [6.45, 7) is 1.89. The van der Waals surface area contributed by atoms with E-state index >= 15 is 0 Å². The molecular weight excluding hydrogens is 380 g/mol. The maximum atomic E-state index is 12.8. The fourth-order valence-electron chi connectivity index (χ4n) is 3.87. The maximum absolute atomic E-state index is 12.8. The highest BCUT2D eigenvalue weighted by atomic mass is 35.5. The lowest BCUT2D eigenvalue weighted by atomic mass is 9.93. The van der Waals surface area contributed by atoms with Crippen LogP contribution < -0.4 is 5.32 Å². The second-order valence-electron chi connectivity index (χ2n) is 7.72. The number of rotatable bonds is 7. The van der Waals surface area contributed by atoms with Gasteiger partial charge >= 0.3 is 5.97 Å². The van der Waals surface area contributed by atoms with E-state index in [1.54, 1.807) is 4.90 Å². The number of methoxy groups -OCH3 is 1. The van der Waals surface area contributed by atoms with E-state index in [9.17, 15) is 14.4 Å². The van der Waals surface area contributed by atoms with Crippen LogP contribution in [-0.2, 0) is 24.5 Å².